The molecule has 8 aromatic rings. The molecule has 0 saturated carbocycles. The van der Waals surface area contributed by atoms with Crippen LogP contribution in [0.25, 0.3) is 33.4 Å². The summed E-state index contributed by atoms with van der Waals surface area (Å²) in [7, 11) is 0. The largest absolute Gasteiger partial charge is 0.350 e. The van der Waals surface area contributed by atoms with Crippen LogP contribution in [0.4, 0.5) is 22.9 Å². The minimum atomic E-state index is -0.662. The third-order valence-corrected chi connectivity index (χ3v) is 10.7. The second kappa shape index (κ2) is 12.4. The molecule has 1 atom stereocenters. The lowest BCUT2D eigenvalue weighted by atomic mass is 9.66. The van der Waals surface area contributed by atoms with Crippen molar-refractivity contribution < 1.29 is 0 Å². The zero-order valence-corrected chi connectivity index (χ0v) is 28.9. The Labute approximate surface area is 309 Å². The smallest absolute Gasteiger partial charge is 0.135 e. The second-order valence-corrected chi connectivity index (χ2v) is 13.6. The number of fused-ring (bicyclic) bond motifs is 9. The van der Waals surface area contributed by atoms with Crippen molar-refractivity contribution in [2.45, 2.75) is 11.6 Å². The summed E-state index contributed by atoms with van der Waals surface area (Å²) in [6, 6.07) is 62.0. The van der Waals surface area contributed by atoms with E-state index < -0.39 is 11.6 Å². The van der Waals surface area contributed by atoms with Crippen LogP contribution in [0.5, 0.6) is 0 Å². The summed E-state index contributed by atoms with van der Waals surface area (Å²) in [4.78, 5) is 12.5. The predicted octanol–water partition coefficient (Wildman–Crippen LogP) is 11.0. The number of anilines is 4. The number of hydrogen-bond donors (Lipinski definition) is 2. The fourth-order valence-electron chi connectivity index (χ4n) is 8.43. The molecule has 1 spiro atoms. The number of rotatable bonds is 6. The number of hydrogen-bond acceptors (Lipinski definition) is 5. The van der Waals surface area contributed by atoms with Crippen molar-refractivity contribution in [3.63, 3.8) is 0 Å². The van der Waals surface area contributed by atoms with Crippen LogP contribution in [-0.4, -0.2) is 9.97 Å². The van der Waals surface area contributed by atoms with Gasteiger partial charge in [-0.3, -0.25) is 4.98 Å². The highest BCUT2D eigenvalue weighted by Gasteiger charge is 2.53. The van der Waals surface area contributed by atoms with Crippen molar-refractivity contribution >= 4 is 22.9 Å². The van der Waals surface area contributed by atoms with E-state index in [0.29, 0.717) is 0 Å². The zero-order chi connectivity index (χ0) is 35.4. The Morgan fingerprint density at radius 1 is 0.509 bits per heavy atom. The summed E-state index contributed by atoms with van der Waals surface area (Å²) < 4.78 is 0. The van der Waals surface area contributed by atoms with Crippen LogP contribution in [0.2, 0.25) is 0 Å². The SMILES string of the molecule is NC(Nc1ncc(-c2ccccc2)cc1-c1ccccc1)c1ccc2c(c1)C1(c3ccccc3N(c3ccccc3)c3ccccc31)c1ncccc1-2. The molecule has 0 fully saturated rings. The van der Waals surface area contributed by atoms with Gasteiger partial charge in [0, 0.05) is 34.8 Å². The lowest BCUT2D eigenvalue weighted by Crippen LogP contribution is -2.37. The van der Waals surface area contributed by atoms with Crippen LogP contribution < -0.4 is 16.0 Å². The van der Waals surface area contributed by atoms with Gasteiger partial charge in [-0.1, -0.05) is 140 Å². The Morgan fingerprint density at radius 2 is 1.13 bits per heavy atom. The van der Waals surface area contributed by atoms with Crippen LogP contribution in [0.1, 0.15) is 34.1 Å². The van der Waals surface area contributed by atoms with Crippen LogP contribution >= 0.6 is 0 Å². The maximum atomic E-state index is 7.15. The van der Waals surface area contributed by atoms with E-state index in [4.69, 9.17) is 15.7 Å². The van der Waals surface area contributed by atoms with Crippen LogP contribution in [-0.2, 0) is 5.41 Å². The number of nitrogens with zero attached hydrogens (tertiary/aromatic N) is 3. The molecule has 5 nitrogen and oxygen atoms in total. The van der Waals surface area contributed by atoms with E-state index in [0.717, 1.165) is 67.5 Å². The molecule has 6 aromatic carbocycles. The average Bonchev–Trinajstić information content (AvgIpc) is 3.52. The van der Waals surface area contributed by atoms with Gasteiger partial charge < -0.3 is 16.0 Å². The quantitative estimate of drug-likeness (QED) is 0.171. The van der Waals surface area contributed by atoms with Crippen molar-refractivity contribution in [1.29, 1.82) is 0 Å². The number of pyridine rings is 2. The molecule has 0 radical (unpaired) electrons. The maximum Gasteiger partial charge on any atom is 0.135 e. The molecular weight excluding hydrogens is 647 g/mol. The van der Waals surface area contributed by atoms with E-state index in [1.165, 1.54) is 16.7 Å². The maximum absolute atomic E-state index is 7.15. The fourth-order valence-corrected chi connectivity index (χ4v) is 8.43. The number of benzene rings is 6. The summed E-state index contributed by atoms with van der Waals surface area (Å²) in [6.45, 7) is 0. The molecule has 0 amide bonds. The summed E-state index contributed by atoms with van der Waals surface area (Å²) in [5.74, 6) is 0.732. The van der Waals surface area contributed by atoms with Gasteiger partial charge in [-0.15, -0.1) is 0 Å². The van der Waals surface area contributed by atoms with Gasteiger partial charge in [0.2, 0.25) is 0 Å². The number of para-hydroxylation sites is 3. The molecule has 0 bridgehead atoms. The minimum absolute atomic E-state index is 0.540. The van der Waals surface area contributed by atoms with Gasteiger partial charge >= 0.3 is 0 Å². The van der Waals surface area contributed by atoms with Gasteiger partial charge in [-0.2, -0.15) is 0 Å². The molecule has 1 aliphatic carbocycles. The zero-order valence-electron chi connectivity index (χ0n) is 28.9. The number of nitrogens with one attached hydrogen (secondary N) is 1. The van der Waals surface area contributed by atoms with E-state index in [1.807, 2.05) is 30.6 Å². The summed E-state index contributed by atoms with van der Waals surface area (Å²) >= 11 is 0. The van der Waals surface area contributed by atoms with Gasteiger partial charge in [0.05, 0.1) is 22.5 Å². The van der Waals surface area contributed by atoms with Crippen molar-refractivity contribution in [3.05, 3.63) is 216 Å². The highest BCUT2D eigenvalue weighted by atomic mass is 15.2. The van der Waals surface area contributed by atoms with E-state index in [-0.39, 0.29) is 0 Å². The molecule has 252 valence electrons. The Morgan fingerprint density at radius 3 is 1.83 bits per heavy atom. The normalized spacial score (nSPS) is 13.8. The Balaban J connectivity index is 1.13. The topological polar surface area (TPSA) is 67.1 Å². The van der Waals surface area contributed by atoms with Crippen molar-refractivity contribution in [2.75, 3.05) is 10.2 Å². The monoisotopic (exact) mass is 681 g/mol. The molecule has 1 unspecified atom stereocenters. The molecule has 5 heteroatoms. The van der Waals surface area contributed by atoms with Gasteiger partial charge in [0.25, 0.3) is 0 Å². The molecule has 3 N–H and O–H groups in total. The van der Waals surface area contributed by atoms with Crippen molar-refractivity contribution in [1.82, 2.24) is 9.97 Å². The van der Waals surface area contributed by atoms with Crippen LogP contribution in [0.15, 0.2) is 188 Å². The Kier molecular flexibility index (Phi) is 7.27. The van der Waals surface area contributed by atoms with Gasteiger partial charge in [0.15, 0.2) is 0 Å². The summed E-state index contributed by atoms with van der Waals surface area (Å²) in [5, 5.41) is 3.62. The molecule has 53 heavy (non-hydrogen) atoms. The number of nitrogens with two attached hydrogens (primary N) is 1. The van der Waals surface area contributed by atoms with E-state index in [2.05, 4.69) is 168 Å². The third kappa shape index (κ3) is 4.82. The second-order valence-electron chi connectivity index (χ2n) is 13.6. The van der Waals surface area contributed by atoms with Crippen molar-refractivity contribution in [3.8, 4) is 33.4 Å². The Bertz CT molecular complexity index is 2570. The molecule has 0 saturated heterocycles. The first-order valence-electron chi connectivity index (χ1n) is 18.0. The Hall–Kier alpha value is -6.82. The van der Waals surface area contributed by atoms with Crippen LogP contribution in [0.3, 0.4) is 0 Å². The van der Waals surface area contributed by atoms with E-state index >= 15 is 0 Å². The summed E-state index contributed by atoms with van der Waals surface area (Å²) in [6.07, 6.45) is 3.30. The standard InChI is InChI=1S/C48H35N5/c49-46(52-47-39(33-17-6-2-7-18-33)29-35(31-51-47)32-15-4-1-5-16-32)34-26-27-37-38-21-14-28-50-45(38)48(42(37)30-34)40-22-10-12-24-43(40)53(36-19-8-3-9-20-36)44-25-13-11-23-41(44)48/h1-31,46H,49H2,(H,51,52). The molecule has 3 heterocycles. The van der Waals surface area contributed by atoms with Gasteiger partial charge in [0.1, 0.15) is 12.0 Å². The molecule has 1 aliphatic heterocycles. The molecule has 2 aliphatic rings. The minimum Gasteiger partial charge on any atom is -0.350 e. The first kappa shape index (κ1) is 31.0. The van der Waals surface area contributed by atoms with E-state index in [9.17, 15) is 0 Å². The van der Waals surface area contributed by atoms with Gasteiger partial charge in [-0.25, -0.2) is 4.98 Å². The first-order chi connectivity index (χ1) is 26.2. The summed E-state index contributed by atoms with van der Waals surface area (Å²) in [5.41, 5.74) is 21.9. The molecule has 2 aromatic heterocycles. The highest BCUT2D eigenvalue weighted by molar-refractivity contribution is 5.95. The lowest BCUT2D eigenvalue weighted by molar-refractivity contribution is 0.720. The van der Waals surface area contributed by atoms with Gasteiger partial charge in [-0.05, 0) is 75.3 Å². The van der Waals surface area contributed by atoms with E-state index in [1.54, 1.807) is 0 Å². The number of aromatic nitrogens is 2. The third-order valence-electron chi connectivity index (χ3n) is 10.7. The highest BCUT2D eigenvalue weighted by Crippen LogP contribution is 2.62. The average molecular weight is 682 g/mol. The van der Waals surface area contributed by atoms with Crippen LogP contribution in [0, 0.1) is 0 Å². The fraction of sp³-hybridized carbons (Fsp3) is 0.0417. The predicted molar refractivity (Wildman–Crippen MR) is 215 cm³/mol. The molecular formula is C48H35N5. The van der Waals surface area contributed by atoms with Crippen molar-refractivity contribution in [2.24, 2.45) is 5.73 Å². The molecule has 10 rings (SSSR count). The first-order valence-corrected chi connectivity index (χ1v) is 18.0. The lowest BCUT2D eigenvalue weighted by Gasteiger charge is -2.44.